The van der Waals surface area contributed by atoms with Gasteiger partial charge in [0.25, 0.3) is 5.82 Å². The molecule has 2 heterocycles. The summed E-state index contributed by atoms with van der Waals surface area (Å²) < 4.78 is 1.36. The van der Waals surface area contributed by atoms with Crippen molar-refractivity contribution in [1.82, 2.24) is 9.58 Å². The fraction of sp³-hybridized carbons (Fsp3) is 0.111. The third-order valence-electron chi connectivity index (χ3n) is 1.91. The first kappa shape index (κ1) is 8.59. The average molecular weight is 239 g/mol. The van der Waals surface area contributed by atoms with E-state index in [4.69, 9.17) is 0 Å². The van der Waals surface area contributed by atoms with Crippen LogP contribution >= 0.6 is 15.9 Å². The van der Waals surface area contributed by atoms with Gasteiger partial charge >= 0.3 is 0 Å². The van der Waals surface area contributed by atoms with Gasteiger partial charge in [-0.1, -0.05) is 11.2 Å². The van der Waals surface area contributed by atoms with Crippen molar-refractivity contribution in [3.05, 3.63) is 35.1 Å². The molecule has 0 aromatic carbocycles. The van der Waals surface area contributed by atoms with Gasteiger partial charge in [0.15, 0.2) is 0 Å². The minimum absolute atomic E-state index is 0.376. The molecule has 66 valence electrons. The summed E-state index contributed by atoms with van der Waals surface area (Å²) in [6.45, 7) is 0. The second kappa shape index (κ2) is 3.05. The summed E-state index contributed by atoms with van der Waals surface area (Å²) in [6, 6.07) is 5.81. The molecule has 0 saturated carbocycles. The van der Waals surface area contributed by atoms with Crippen LogP contribution < -0.4 is 4.59 Å². The van der Waals surface area contributed by atoms with E-state index in [-0.39, 0.29) is 0 Å². The Morgan fingerprint density at radius 2 is 2.23 bits per heavy atom. The summed E-state index contributed by atoms with van der Waals surface area (Å²) >= 11 is 3.38. The van der Waals surface area contributed by atoms with Crippen LogP contribution in [0.4, 0.5) is 5.82 Å². The van der Waals surface area contributed by atoms with Crippen LogP contribution in [0.25, 0.3) is 0 Å². The summed E-state index contributed by atoms with van der Waals surface area (Å²) in [5.41, 5.74) is 0. The van der Waals surface area contributed by atoms with Crippen molar-refractivity contribution in [3.8, 4) is 0 Å². The van der Waals surface area contributed by atoms with Gasteiger partial charge in [0, 0.05) is 12.3 Å². The number of halogens is 1. The van der Waals surface area contributed by atoms with Gasteiger partial charge < -0.3 is 0 Å². The predicted octanol–water partition coefficient (Wildman–Crippen LogP) is 2.25. The zero-order chi connectivity index (χ0) is 9.31. The number of hydrogen-bond donors (Lipinski definition) is 0. The molecule has 0 aliphatic carbocycles. The summed E-state index contributed by atoms with van der Waals surface area (Å²) in [4.78, 5) is 4.26. The van der Waals surface area contributed by atoms with Gasteiger partial charge in [-0.15, -0.1) is 4.59 Å². The summed E-state index contributed by atoms with van der Waals surface area (Å²) in [5.74, 6) is 0.910. The van der Waals surface area contributed by atoms with Gasteiger partial charge in [-0.25, -0.2) is 4.98 Å². The van der Waals surface area contributed by atoms with E-state index in [1.165, 1.54) is 0 Å². The molecule has 2 rings (SSSR count). The van der Waals surface area contributed by atoms with Crippen molar-refractivity contribution < 1.29 is 0 Å². The smallest absolute Gasteiger partial charge is 0.202 e. The van der Waals surface area contributed by atoms with Crippen LogP contribution in [0.5, 0.6) is 0 Å². The van der Waals surface area contributed by atoms with Gasteiger partial charge in [0.1, 0.15) is 19.5 Å². The first-order valence-electron chi connectivity index (χ1n) is 3.92. The van der Waals surface area contributed by atoms with E-state index in [9.17, 15) is 0 Å². The average Bonchev–Trinajstić information content (AvgIpc) is 2.49. The Kier molecular flexibility index (Phi) is 2.01. The number of rotatable bonds is 1. The van der Waals surface area contributed by atoms with Crippen molar-refractivity contribution in [2.45, 2.75) is 0 Å². The van der Waals surface area contributed by atoms with Gasteiger partial charge in [0.05, 0.1) is 4.48 Å². The van der Waals surface area contributed by atoms with E-state index >= 15 is 0 Å². The van der Waals surface area contributed by atoms with E-state index in [0.29, 0.717) is 4.59 Å². The van der Waals surface area contributed by atoms with Crippen LogP contribution in [-0.4, -0.2) is 18.2 Å². The minimum Gasteiger partial charge on any atom is -0.202 e. The van der Waals surface area contributed by atoms with Crippen molar-refractivity contribution >= 4 is 28.0 Å². The van der Waals surface area contributed by atoms with E-state index < -0.39 is 0 Å². The topological polar surface area (TPSA) is 25.2 Å². The number of pyridine rings is 1. The molecule has 0 saturated heterocycles. The predicted molar refractivity (Wildman–Crippen MR) is 57.5 cm³/mol. The highest BCUT2D eigenvalue weighted by molar-refractivity contribution is 9.12. The first-order valence-corrected chi connectivity index (χ1v) is 4.72. The quantitative estimate of drug-likeness (QED) is 0.690. The summed E-state index contributed by atoms with van der Waals surface area (Å²) in [7, 11) is 1.98. The van der Waals surface area contributed by atoms with Crippen LogP contribution in [0.1, 0.15) is 0 Å². The summed E-state index contributed by atoms with van der Waals surface area (Å²) in [6.07, 6.45) is 5.55. The van der Waals surface area contributed by atoms with Gasteiger partial charge in [-0.05, 0) is 22.0 Å². The minimum atomic E-state index is 0.376. The van der Waals surface area contributed by atoms with Crippen molar-refractivity contribution in [1.29, 1.82) is 0 Å². The third-order valence-corrected chi connectivity index (χ3v) is 2.32. The molecule has 0 radical (unpaired) electrons. The molecule has 0 fully saturated rings. The van der Waals surface area contributed by atoms with E-state index in [1.807, 2.05) is 31.4 Å². The highest BCUT2D eigenvalue weighted by atomic mass is 79.9. The molecule has 1 aromatic rings. The lowest BCUT2D eigenvalue weighted by atomic mass is 10.4. The summed E-state index contributed by atoms with van der Waals surface area (Å²) in [5, 5.41) is 4.33. The molecule has 0 N–H and O–H groups in total. The van der Waals surface area contributed by atoms with Crippen molar-refractivity contribution in [2.24, 2.45) is 5.10 Å². The van der Waals surface area contributed by atoms with Crippen LogP contribution in [-0.2, 0) is 0 Å². The van der Waals surface area contributed by atoms with Crippen molar-refractivity contribution in [2.75, 3.05) is 7.05 Å². The van der Waals surface area contributed by atoms with Crippen LogP contribution in [0.15, 0.2) is 40.2 Å². The van der Waals surface area contributed by atoms with E-state index in [0.717, 1.165) is 10.3 Å². The molecule has 0 spiro atoms. The van der Waals surface area contributed by atoms with Crippen LogP contribution in [0.3, 0.4) is 0 Å². The number of allylic oxidation sites excluding steroid dienone is 1. The van der Waals surface area contributed by atoms with Crippen LogP contribution in [0, 0.1) is 0 Å². The number of nitrogens with zero attached hydrogens (tertiary/aromatic N) is 3. The normalized spacial score (nSPS) is 26.2. The zero-order valence-corrected chi connectivity index (χ0v) is 8.77. The molecule has 0 amide bonds. The molecule has 1 aliphatic rings. The Bertz CT molecular complexity index is 372. The van der Waals surface area contributed by atoms with E-state index in [1.54, 1.807) is 12.4 Å². The zero-order valence-electron chi connectivity index (χ0n) is 7.18. The third kappa shape index (κ3) is 1.55. The molecular weight excluding hydrogens is 230 g/mol. The van der Waals surface area contributed by atoms with Gasteiger partial charge in [-0.2, -0.15) is 0 Å². The lowest BCUT2D eigenvalue weighted by molar-refractivity contribution is 0.472. The maximum absolute atomic E-state index is 4.33. The Morgan fingerprint density at radius 1 is 1.38 bits per heavy atom. The maximum Gasteiger partial charge on any atom is 0.258 e. The van der Waals surface area contributed by atoms with Crippen LogP contribution in [0.2, 0.25) is 0 Å². The molecule has 1 atom stereocenters. The standard InChI is InChI=1S/C9H9BrN3/c1-13(7-8(10)6-12-13)9-4-2-3-5-11-9/h2-7H,1H3/q+1. The molecule has 1 unspecified atom stereocenters. The highest BCUT2D eigenvalue weighted by Gasteiger charge is 2.28. The van der Waals surface area contributed by atoms with E-state index in [2.05, 4.69) is 26.0 Å². The number of quaternary nitrogens is 1. The lowest BCUT2D eigenvalue weighted by Crippen LogP contribution is -2.31. The molecule has 0 bridgehead atoms. The lowest BCUT2D eigenvalue weighted by Gasteiger charge is -2.17. The number of aromatic nitrogens is 1. The Balaban J connectivity index is 2.43. The Hall–Kier alpha value is -1.00. The molecule has 4 heteroatoms. The molecule has 1 aliphatic heterocycles. The second-order valence-electron chi connectivity index (χ2n) is 2.97. The molecule has 3 nitrogen and oxygen atoms in total. The molecule has 1 aromatic heterocycles. The maximum atomic E-state index is 4.33. The van der Waals surface area contributed by atoms with Crippen molar-refractivity contribution in [3.63, 3.8) is 0 Å². The second-order valence-corrected chi connectivity index (χ2v) is 3.89. The monoisotopic (exact) mass is 238 g/mol. The fourth-order valence-electron chi connectivity index (χ4n) is 1.23. The Morgan fingerprint density at radius 3 is 2.77 bits per heavy atom. The van der Waals surface area contributed by atoms with Gasteiger partial charge in [0.2, 0.25) is 0 Å². The molecular formula is C9H9BrN3+. The van der Waals surface area contributed by atoms with Gasteiger partial charge in [-0.3, -0.25) is 0 Å². The largest absolute Gasteiger partial charge is 0.258 e. The first-order chi connectivity index (χ1) is 6.21. The molecule has 13 heavy (non-hydrogen) atoms. The fourth-order valence-corrected chi connectivity index (χ4v) is 1.72. The number of hydrogen-bond acceptors (Lipinski definition) is 2. The highest BCUT2D eigenvalue weighted by Crippen LogP contribution is 2.25. The Labute approximate surface area is 85.1 Å². The SMILES string of the molecule is C[N+]1(c2ccccn2)C=C(Br)C=N1.